The van der Waals surface area contributed by atoms with Gasteiger partial charge in [-0.25, -0.2) is 13.2 Å². The molecule has 0 radical (unpaired) electrons. The van der Waals surface area contributed by atoms with Crippen LogP contribution in [0.4, 0.5) is 26.3 Å². The number of hydrogen-bond acceptors (Lipinski definition) is 0. The lowest BCUT2D eigenvalue weighted by Crippen LogP contribution is -2.31. The van der Waals surface area contributed by atoms with Crippen molar-refractivity contribution >= 4 is 10.8 Å². The monoisotopic (exact) mass is 470 g/mol. The van der Waals surface area contributed by atoms with E-state index in [9.17, 15) is 22.0 Å². The van der Waals surface area contributed by atoms with Gasteiger partial charge in [0.2, 0.25) is 0 Å². The lowest BCUT2D eigenvalue weighted by molar-refractivity contribution is -0.140. The van der Waals surface area contributed by atoms with Crippen LogP contribution in [0.2, 0.25) is 0 Å². The first-order chi connectivity index (χ1) is 15.7. The SMILES string of the molecule is CCCCCC[C@@H]1CC[C@@H]2CC(c3cc4cc(F)cc(F)c4c(F)c3C(F)(F)F)CCC2C1. The summed E-state index contributed by atoms with van der Waals surface area (Å²) in [6.45, 7) is 2.20. The maximum absolute atomic E-state index is 15.0. The molecule has 2 saturated carbocycles. The first-order valence-electron chi connectivity index (χ1n) is 12.4. The van der Waals surface area contributed by atoms with Crippen molar-refractivity contribution in [2.75, 3.05) is 0 Å². The van der Waals surface area contributed by atoms with E-state index in [1.54, 1.807) is 0 Å². The Bertz CT molecular complexity index is 979. The van der Waals surface area contributed by atoms with Gasteiger partial charge in [-0.2, -0.15) is 13.2 Å². The van der Waals surface area contributed by atoms with Crippen molar-refractivity contribution in [3.63, 3.8) is 0 Å². The number of benzene rings is 2. The van der Waals surface area contributed by atoms with Gasteiger partial charge in [-0.05, 0) is 78.9 Å². The Labute approximate surface area is 191 Å². The summed E-state index contributed by atoms with van der Waals surface area (Å²) < 4.78 is 84.8. The molecule has 0 aliphatic heterocycles. The highest BCUT2D eigenvalue weighted by molar-refractivity contribution is 5.86. The van der Waals surface area contributed by atoms with Gasteiger partial charge in [-0.15, -0.1) is 0 Å². The van der Waals surface area contributed by atoms with Crippen molar-refractivity contribution in [3.05, 3.63) is 46.8 Å². The summed E-state index contributed by atoms with van der Waals surface area (Å²) in [7, 11) is 0. The minimum Gasteiger partial charge on any atom is -0.207 e. The summed E-state index contributed by atoms with van der Waals surface area (Å²) in [5.74, 6) is -2.75. The number of alkyl halides is 3. The molecule has 2 unspecified atom stereocenters. The standard InChI is InChI=1S/C27H32F6/c1-2-3-4-5-6-16-7-8-18-12-19(10-9-17(18)11-16)22-14-20-13-21(28)15-23(29)24(20)26(30)25(22)27(31,32)33/h13-19H,2-12H2,1H3/t16-,17?,18-,19?/m1/s1. The zero-order valence-electron chi connectivity index (χ0n) is 19.1. The van der Waals surface area contributed by atoms with Crippen LogP contribution in [0.25, 0.3) is 10.8 Å². The molecule has 0 amide bonds. The molecule has 0 saturated heterocycles. The third kappa shape index (κ3) is 5.19. The number of unbranched alkanes of at least 4 members (excludes halogenated alkanes) is 3. The number of rotatable bonds is 6. The molecule has 2 aliphatic rings. The van der Waals surface area contributed by atoms with Crippen molar-refractivity contribution in [1.82, 2.24) is 0 Å². The Morgan fingerprint density at radius 3 is 2.30 bits per heavy atom. The Hall–Kier alpha value is -1.72. The predicted octanol–water partition coefficient (Wildman–Crippen LogP) is 9.55. The highest BCUT2D eigenvalue weighted by Crippen LogP contribution is 2.51. The Morgan fingerprint density at radius 2 is 1.58 bits per heavy atom. The van der Waals surface area contributed by atoms with E-state index in [-0.39, 0.29) is 10.9 Å². The normalized spacial score (nSPS) is 25.9. The minimum atomic E-state index is -4.94. The van der Waals surface area contributed by atoms with Crippen LogP contribution in [0.15, 0.2) is 18.2 Å². The van der Waals surface area contributed by atoms with Gasteiger partial charge >= 0.3 is 6.18 Å². The van der Waals surface area contributed by atoms with E-state index < -0.39 is 40.5 Å². The van der Waals surface area contributed by atoms with Gasteiger partial charge < -0.3 is 0 Å². The molecule has 4 atom stereocenters. The quantitative estimate of drug-likeness (QED) is 0.291. The summed E-state index contributed by atoms with van der Waals surface area (Å²) in [4.78, 5) is 0. The van der Waals surface area contributed by atoms with E-state index in [0.717, 1.165) is 31.7 Å². The Kier molecular flexibility index (Phi) is 7.30. The van der Waals surface area contributed by atoms with E-state index in [0.29, 0.717) is 36.7 Å². The molecule has 0 bridgehead atoms. The topological polar surface area (TPSA) is 0 Å². The second-order valence-electron chi connectivity index (χ2n) is 10.2. The van der Waals surface area contributed by atoms with Gasteiger partial charge in [0.15, 0.2) is 0 Å². The van der Waals surface area contributed by atoms with Gasteiger partial charge in [0, 0.05) is 6.07 Å². The van der Waals surface area contributed by atoms with Crippen molar-refractivity contribution in [3.8, 4) is 0 Å². The molecule has 0 N–H and O–H groups in total. The summed E-state index contributed by atoms with van der Waals surface area (Å²) >= 11 is 0. The fourth-order valence-corrected chi connectivity index (χ4v) is 6.43. The average molecular weight is 471 g/mol. The van der Waals surface area contributed by atoms with Crippen molar-refractivity contribution in [2.24, 2.45) is 17.8 Å². The van der Waals surface area contributed by atoms with Gasteiger partial charge in [0.25, 0.3) is 0 Å². The summed E-state index contributed by atoms with van der Waals surface area (Å²) in [5.41, 5.74) is -1.52. The van der Waals surface area contributed by atoms with E-state index in [2.05, 4.69) is 6.92 Å². The van der Waals surface area contributed by atoms with Crippen LogP contribution in [0.1, 0.15) is 94.6 Å². The highest BCUT2D eigenvalue weighted by atomic mass is 19.4. The molecule has 0 nitrogen and oxygen atoms in total. The summed E-state index contributed by atoms with van der Waals surface area (Å²) in [6, 6.07) is 2.52. The second kappa shape index (κ2) is 9.87. The highest BCUT2D eigenvalue weighted by Gasteiger charge is 2.43. The van der Waals surface area contributed by atoms with E-state index in [1.807, 2.05) is 0 Å². The molecule has 2 aromatic carbocycles. The van der Waals surface area contributed by atoms with E-state index in [1.165, 1.54) is 38.2 Å². The molecule has 0 spiro atoms. The molecule has 2 aliphatic carbocycles. The van der Waals surface area contributed by atoms with E-state index >= 15 is 4.39 Å². The molecular weight excluding hydrogens is 438 g/mol. The van der Waals surface area contributed by atoms with Crippen molar-refractivity contribution in [2.45, 2.75) is 89.6 Å². The zero-order chi connectivity index (χ0) is 23.8. The van der Waals surface area contributed by atoms with Crippen LogP contribution >= 0.6 is 0 Å². The molecular formula is C27H32F6. The first kappa shape index (κ1) is 24.4. The lowest BCUT2D eigenvalue weighted by Gasteiger charge is -2.43. The molecule has 182 valence electrons. The van der Waals surface area contributed by atoms with E-state index in [4.69, 9.17) is 0 Å². The van der Waals surface area contributed by atoms with Crippen LogP contribution < -0.4 is 0 Å². The number of fused-ring (bicyclic) bond motifs is 2. The smallest absolute Gasteiger partial charge is 0.207 e. The van der Waals surface area contributed by atoms with Gasteiger partial charge in [0.05, 0.1) is 10.9 Å². The van der Waals surface area contributed by atoms with Crippen LogP contribution in [0.3, 0.4) is 0 Å². The lowest BCUT2D eigenvalue weighted by atomic mass is 9.63. The third-order valence-electron chi connectivity index (χ3n) is 8.04. The summed E-state index contributed by atoms with van der Waals surface area (Å²) in [6.07, 6.45) is 6.48. The molecule has 4 rings (SSSR count). The predicted molar refractivity (Wildman–Crippen MR) is 118 cm³/mol. The molecule has 2 fully saturated rings. The number of hydrogen-bond donors (Lipinski definition) is 0. The van der Waals surface area contributed by atoms with Crippen molar-refractivity contribution < 1.29 is 26.3 Å². The minimum absolute atomic E-state index is 0.141. The Balaban J connectivity index is 1.57. The van der Waals surface area contributed by atoms with Gasteiger partial charge in [-0.3, -0.25) is 0 Å². The Morgan fingerprint density at radius 1 is 0.848 bits per heavy atom. The molecule has 6 heteroatoms. The molecule has 2 aromatic rings. The van der Waals surface area contributed by atoms with Gasteiger partial charge in [-0.1, -0.05) is 45.4 Å². The summed E-state index contributed by atoms with van der Waals surface area (Å²) in [5, 5.41) is -0.935. The zero-order valence-corrected chi connectivity index (χ0v) is 19.1. The van der Waals surface area contributed by atoms with Crippen LogP contribution in [-0.2, 0) is 6.18 Å². The van der Waals surface area contributed by atoms with Crippen LogP contribution in [0, 0.1) is 35.2 Å². The second-order valence-corrected chi connectivity index (χ2v) is 10.2. The third-order valence-corrected chi connectivity index (χ3v) is 8.04. The first-order valence-corrected chi connectivity index (χ1v) is 12.4. The van der Waals surface area contributed by atoms with Crippen LogP contribution in [-0.4, -0.2) is 0 Å². The largest absolute Gasteiger partial charge is 0.419 e. The van der Waals surface area contributed by atoms with Crippen molar-refractivity contribution in [1.29, 1.82) is 0 Å². The van der Waals surface area contributed by atoms with Gasteiger partial charge in [0.1, 0.15) is 17.5 Å². The van der Waals surface area contributed by atoms with Crippen LogP contribution in [0.5, 0.6) is 0 Å². The molecule has 0 aromatic heterocycles. The molecule has 33 heavy (non-hydrogen) atoms. The number of halogens is 6. The maximum atomic E-state index is 15.0. The molecule has 0 heterocycles. The average Bonchev–Trinajstić information content (AvgIpc) is 2.74. The fourth-order valence-electron chi connectivity index (χ4n) is 6.43. The maximum Gasteiger partial charge on any atom is 0.419 e. The fraction of sp³-hybridized carbons (Fsp3) is 0.630.